The third-order valence-corrected chi connectivity index (χ3v) is 2.25. The fourth-order valence-corrected chi connectivity index (χ4v) is 1.48. The molecule has 0 N–H and O–H groups in total. The van der Waals surface area contributed by atoms with Gasteiger partial charge in [-0.3, -0.25) is 4.79 Å². The summed E-state index contributed by atoms with van der Waals surface area (Å²) >= 11 is 5.46. The van der Waals surface area contributed by atoms with E-state index in [-0.39, 0.29) is 5.78 Å². The molecule has 0 unspecified atom stereocenters. The third-order valence-electron chi connectivity index (χ3n) is 2.09. The molecule has 0 aliphatic carbocycles. The summed E-state index contributed by atoms with van der Waals surface area (Å²) in [5, 5.41) is 0. The zero-order valence-electron chi connectivity index (χ0n) is 9.95. The molecule has 1 aromatic rings. The molecule has 0 heterocycles. The molecule has 0 fully saturated rings. The molecular weight excluding hydrogens is 240 g/mol. The first kappa shape index (κ1) is 14.0. The van der Waals surface area contributed by atoms with Gasteiger partial charge in [-0.05, 0) is 24.6 Å². The van der Waals surface area contributed by atoms with E-state index >= 15 is 0 Å². The van der Waals surface area contributed by atoms with Crippen LogP contribution in [-0.2, 0) is 16.0 Å². The Hall–Kier alpha value is -1.06. The number of hydrogen-bond acceptors (Lipinski definition) is 3. The molecule has 0 radical (unpaired) electrons. The van der Waals surface area contributed by atoms with Crippen molar-refractivity contribution in [3.63, 3.8) is 0 Å². The highest BCUT2D eigenvalue weighted by molar-refractivity contribution is 6.17. The van der Waals surface area contributed by atoms with Gasteiger partial charge in [-0.15, -0.1) is 11.6 Å². The maximum absolute atomic E-state index is 10.9. The van der Waals surface area contributed by atoms with E-state index in [9.17, 15) is 4.79 Å². The molecule has 0 spiro atoms. The molecule has 3 nitrogen and oxygen atoms in total. The number of carbonyl (C=O) groups excluding carboxylic acids is 1. The maximum atomic E-state index is 10.9. The van der Waals surface area contributed by atoms with E-state index in [4.69, 9.17) is 21.1 Å². The van der Waals surface area contributed by atoms with Gasteiger partial charge in [0.1, 0.15) is 18.1 Å². The second kappa shape index (κ2) is 8.09. The number of Topliss-reactive ketones (excluding diaryl/α,β-unsaturated/α-hetero) is 1. The standard InChI is InChI=1S/C13H17ClO3/c1-11(15)10-12-2-4-13(5-3-12)17-9-8-16-7-6-14/h2-5H,6-10H2,1H3. The first-order chi connectivity index (χ1) is 8.22. The molecule has 0 amide bonds. The van der Waals surface area contributed by atoms with E-state index in [2.05, 4.69) is 0 Å². The van der Waals surface area contributed by atoms with Crippen LogP contribution < -0.4 is 4.74 Å². The van der Waals surface area contributed by atoms with Crippen molar-refractivity contribution < 1.29 is 14.3 Å². The Balaban J connectivity index is 2.28. The van der Waals surface area contributed by atoms with Gasteiger partial charge in [0.25, 0.3) is 0 Å². The number of ether oxygens (including phenoxy) is 2. The molecular formula is C13H17ClO3. The van der Waals surface area contributed by atoms with Gasteiger partial charge in [-0.1, -0.05) is 12.1 Å². The summed E-state index contributed by atoms with van der Waals surface area (Å²) in [4.78, 5) is 10.9. The van der Waals surface area contributed by atoms with E-state index in [1.807, 2.05) is 24.3 Å². The van der Waals surface area contributed by atoms with Crippen LogP contribution in [0.1, 0.15) is 12.5 Å². The number of ketones is 1. The molecule has 0 aromatic heterocycles. The van der Waals surface area contributed by atoms with Crippen LogP contribution in [0, 0.1) is 0 Å². The van der Waals surface area contributed by atoms with Crippen LogP contribution in [-0.4, -0.2) is 31.5 Å². The van der Waals surface area contributed by atoms with Crippen molar-refractivity contribution in [2.45, 2.75) is 13.3 Å². The Morgan fingerprint density at radius 1 is 1.18 bits per heavy atom. The van der Waals surface area contributed by atoms with Crippen LogP contribution in [0.3, 0.4) is 0 Å². The van der Waals surface area contributed by atoms with Gasteiger partial charge < -0.3 is 9.47 Å². The molecule has 0 saturated heterocycles. The number of rotatable bonds is 8. The number of alkyl halides is 1. The molecule has 0 aliphatic rings. The van der Waals surface area contributed by atoms with Crippen LogP contribution >= 0.6 is 11.6 Å². The monoisotopic (exact) mass is 256 g/mol. The van der Waals surface area contributed by atoms with Crippen molar-refractivity contribution in [1.82, 2.24) is 0 Å². The van der Waals surface area contributed by atoms with E-state index in [0.29, 0.717) is 32.1 Å². The molecule has 17 heavy (non-hydrogen) atoms. The summed E-state index contributed by atoms with van der Waals surface area (Å²) in [5.41, 5.74) is 1.00. The Morgan fingerprint density at radius 3 is 2.47 bits per heavy atom. The minimum Gasteiger partial charge on any atom is -0.491 e. The number of hydrogen-bond donors (Lipinski definition) is 0. The molecule has 0 saturated carbocycles. The topological polar surface area (TPSA) is 35.5 Å². The normalized spacial score (nSPS) is 10.2. The van der Waals surface area contributed by atoms with Crippen molar-refractivity contribution in [3.05, 3.63) is 29.8 Å². The summed E-state index contributed by atoms with van der Waals surface area (Å²) in [6.45, 7) is 3.16. The average Bonchev–Trinajstić information content (AvgIpc) is 2.30. The first-order valence-electron chi connectivity index (χ1n) is 5.57. The van der Waals surface area contributed by atoms with Gasteiger partial charge in [-0.2, -0.15) is 0 Å². The minimum atomic E-state index is 0.160. The summed E-state index contributed by atoms with van der Waals surface area (Å²) in [7, 11) is 0. The highest BCUT2D eigenvalue weighted by atomic mass is 35.5. The highest BCUT2D eigenvalue weighted by Crippen LogP contribution is 2.12. The zero-order chi connectivity index (χ0) is 12.5. The van der Waals surface area contributed by atoms with Gasteiger partial charge in [-0.25, -0.2) is 0 Å². The van der Waals surface area contributed by atoms with Crippen molar-refractivity contribution in [3.8, 4) is 5.75 Å². The smallest absolute Gasteiger partial charge is 0.134 e. The Kier molecular flexibility index (Phi) is 6.67. The van der Waals surface area contributed by atoms with Gasteiger partial charge in [0, 0.05) is 12.3 Å². The second-order valence-corrected chi connectivity index (χ2v) is 4.05. The lowest BCUT2D eigenvalue weighted by molar-refractivity contribution is -0.116. The van der Waals surface area contributed by atoms with Gasteiger partial charge in [0.05, 0.1) is 13.2 Å². The summed E-state index contributed by atoms with van der Waals surface area (Å²) in [6, 6.07) is 7.52. The zero-order valence-corrected chi connectivity index (χ0v) is 10.7. The quantitative estimate of drug-likeness (QED) is 0.529. The van der Waals surface area contributed by atoms with Crippen molar-refractivity contribution in [2.75, 3.05) is 25.7 Å². The van der Waals surface area contributed by atoms with Crippen molar-refractivity contribution in [1.29, 1.82) is 0 Å². The predicted octanol–water partition coefficient (Wildman–Crippen LogP) is 2.45. The predicted molar refractivity (Wildman–Crippen MR) is 67.9 cm³/mol. The fraction of sp³-hybridized carbons (Fsp3) is 0.462. The maximum Gasteiger partial charge on any atom is 0.134 e. The lowest BCUT2D eigenvalue weighted by atomic mass is 10.1. The van der Waals surface area contributed by atoms with E-state index in [1.54, 1.807) is 6.92 Å². The van der Waals surface area contributed by atoms with E-state index < -0.39 is 0 Å². The summed E-state index contributed by atoms with van der Waals surface area (Å²) in [6.07, 6.45) is 0.471. The molecule has 0 aliphatic heterocycles. The SMILES string of the molecule is CC(=O)Cc1ccc(OCCOCCCl)cc1. The van der Waals surface area contributed by atoms with Gasteiger partial charge >= 0.3 is 0 Å². The van der Waals surface area contributed by atoms with Crippen LogP contribution in [0.4, 0.5) is 0 Å². The lowest BCUT2D eigenvalue weighted by Gasteiger charge is -2.07. The lowest BCUT2D eigenvalue weighted by Crippen LogP contribution is -2.08. The van der Waals surface area contributed by atoms with Gasteiger partial charge in [0.2, 0.25) is 0 Å². The fourth-order valence-electron chi connectivity index (χ4n) is 1.37. The van der Waals surface area contributed by atoms with Crippen LogP contribution in [0.15, 0.2) is 24.3 Å². The van der Waals surface area contributed by atoms with Crippen molar-refractivity contribution >= 4 is 17.4 Å². The average molecular weight is 257 g/mol. The molecule has 4 heteroatoms. The second-order valence-electron chi connectivity index (χ2n) is 3.67. The summed E-state index contributed by atoms with van der Waals surface area (Å²) < 4.78 is 10.6. The van der Waals surface area contributed by atoms with Crippen LogP contribution in [0.2, 0.25) is 0 Å². The molecule has 94 valence electrons. The van der Waals surface area contributed by atoms with Crippen LogP contribution in [0.5, 0.6) is 5.75 Å². The molecule has 1 rings (SSSR count). The Labute approximate surface area is 107 Å². The number of benzene rings is 1. The largest absolute Gasteiger partial charge is 0.491 e. The molecule has 0 atom stereocenters. The Bertz CT molecular complexity index is 335. The van der Waals surface area contributed by atoms with E-state index in [0.717, 1.165) is 11.3 Å². The minimum absolute atomic E-state index is 0.160. The Morgan fingerprint density at radius 2 is 1.88 bits per heavy atom. The van der Waals surface area contributed by atoms with Gasteiger partial charge in [0.15, 0.2) is 0 Å². The molecule has 1 aromatic carbocycles. The van der Waals surface area contributed by atoms with Crippen LogP contribution in [0.25, 0.3) is 0 Å². The van der Waals surface area contributed by atoms with E-state index in [1.165, 1.54) is 0 Å². The third kappa shape index (κ3) is 6.29. The highest BCUT2D eigenvalue weighted by Gasteiger charge is 1.98. The number of halogens is 1. The molecule has 0 bridgehead atoms. The van der Waals surface area contributed by atoms with Crippen molar-refractivity contribution in [2.24, 2.45) is 0 Å². The number of carbonyl (C=O) groups is 1. The summed E-state index contributed by atoms with van der Waals surface area (Å²) in [5.74, 6) is 1.44. The first-order valence-corrected chi connectivity index (χ1v) is 6.10.